The van der Waals surface area contributed by atoms with Crippen LogP contribution in [0.3, 0.4) is 0 Å². The maximum absolute atomic E-state index is 9.43. The van der Waals surface area contributed by atoms with Gasteiger partial charge in [-0.25, -0.2) is 0 Å². The van der Waals surface area contributed by atoms with E-state index in [0.29, 0.717) is 18.7 Å². The molecule has 3 nitrogen and oxygen atoms in total. The average Bonchev–Trinajstić information content (AvgIpc) is 2.96. The van der Waals surface area contributed by atoms with Gasteiger partial charge in [0.1, 0.15) is 0 Å². The van der Waals surface area contributed by atoms with Crippen molar-refractivity contribution in [3.05, 3.63) is 34.3 Å². The van der Waals surface area contributed by atoms with E-state index in [1.807, 2.05) is 0 Å². The average molecular weight is 355 g/mol. The van der Waals surface area contributed by atoms with Crippen LogP contribution in [-0.4, -0.2) is 42.3 Å². The number of benzene rings is 1. The standard InChI is InChI=1S/C17H27BrN2O/c1-2-10-19-17(14-5-7-15(18)8-6-14)9-12-20-11-3-4-16(20)13-21/h5-8,16-17,19,21H,2-4,9-13H2,1H3. The molecule has 2 unspecified atom stereocenters. The molecule has 21 heavy (non-hydrogen) atoms. The Kier molecular flexibility index (Phi) is 7.17. The fourth-order valence-corrected chi connectivity index (χ4v) is 3.36. The molecule has 0 bridgehead atoms. The molecule has 0 aliphatic carbocycles. The summed E-state index contributed by atoms with van der Waals surface area (Å²) in [6.45, 7) is 5.73. The van der Waals surface area contributed by atoms with Crippen LogP contribution in [0.15, 0.2) is 28.7 Å². The number of likely N-dealkylation sites (tertiary alicyclic amines) is 1. The van der Waals surface area contributed by atoms with Crippen LogP contribution >= 0.6 is 15.9 Å². The highest BCUT2D eigenvalue weighted by Crippen LogP contribution is 2.23. The molecular weight excluding hydrogens is 328 g/mol. The summed E-state index contributed by atoms with van der Waals surface area (Å²) in [7, 11) is 0. The summed E-state index contributed by atoms with van der Waals surface area (Å²) in [6, 6.07) is 9.40. The second kappa shape index (κ2) is 8.89. The van der Waals surface area contributed by atoms with Gasteiger partial charge in [0.15, 0.2) is 0 Å². The van der Waals surface area contributed by atoms with Crippen molar-refractivity contribution >= 4 is 15.9 Å². The maximum Gasteiger partial charge on any atom is 0.0586 e. The molecule has 1 fully saturated rings. The molecule has 2 rings (SSSR count). The van der Waals surface area contributed by atoms with E-state index in [1.54, 1.807) is 0 Å². The number of nitrogens with one attached hydrogen (secondary N) is 1. The normalized spacial score (nSPS) is 20.8. The topological polar surface area (TPSA) is 35.5 Å². The van der Waals surface area contributed by atoms with Crippen LogP contribution in [0.2, 0.25) is 0 Å². The van der Waals surface area contributed by atoms with Gasteiger partial charge in [-0.1, -0.05) is 35.0 Å². The number of aliphatic hydroxyl groups is 1. The zero-order valence-corrected chi connectivity index (χ0v) is 14.5. The Morgan fingerprint density at radius 2 is 2.14 bits per heavy atom. The lowest BCUT2D eigenvalue weighted by molar-refractivity contribution is 0.154. The molecule has 1 heterocycles. The third-order valence-electron chi connectivity index (χ3n) is 4.33. The van der Waals surface area contributed by atoms with Gasteiger partial charge in [-0.3, -0.25) is 4.90 Å². The Morgan fingerprint density at radius 3 is 2.81 bits per heavy atom. The van der Waals surface area contributed by atoms with Crippen molar-refractivity contribution in [2.45, 2.75) is 44.7 Å². The summed E-state index contributed by atoms with van der Waals surface area (Å²) in [5.41, 5.74) is 1.35. The SMILES string of the molecule is CCCNC(CCN1CCCC1CO)c1ccc(Br)cc1. The van der Waals surface area contributed by atoms with Crippen LogP contribution in [0.5, 0.6) is 0 Å². The lowest BCUT2D eigenvalue weighted by Crippen LogP contribution is -2.35. The third kappa shape index (κ3) is 5.06. The fraction of sp³-hybridized carbons (Fsp3) is 0.647. The van der Waals surface area contributed by atoms with Crippen LogP contribution < -0.4 is 5.32 Å². The van der Waals surface area contributed by atoms with Gasteiger partial charge in [0.25, 0.3) is 0 Å². The largest absolute Gasteiger partial charge is 0.395 e. The maximum atomic E-state index is 9.43. The minimum atomic E-state index is 0.297. The van der Waals surface area contributed by atoms with Gasteiger partial charge in [-0.15, -0.1) is 0 Å². The first kappa shape index (κ1) is 16.9. The highest BCUT2D eigenvalue weighted by molar-refractivity contribution is 9.10. The minimum absolute atomic E-state index is 0.297. The minimum Gasteiger partial charge on any atom is -0.395 e. The number of hydrogen-bond acceptors (Lipinski definition) is 3. The fourth-order valence-electron chi connectivity index (χ4n) is 3.09. The van der Waals surface area contributed by atoms with E-state index in [2.05, 4.69) is 57.3 Å². The Labute approximate surface area is 136 Å². The molecule has 0 aromatic heterocycles. The van der Waals surface area contributed by atoms with E-state index in [4.69, 9.17) is 0 Å². The number of aliphatic hydroxyl groups excluding tert-OH is 1. The smallest absolute Gasteiger partial charge is 0.0586 e. The van der Waals surface area contributed by atoms with Gasteiger partial charge in [0.2, 0.25) is 0 Å². The molecule has 1 aliphatic heterocycles. The van der Waals surface area contributed by atoms with Gasteiger partial charge in [0, 0.05) is 23.1 Å². The molecule has 2 atom stereocenters. The Morgan fingerprint density at radius 1 is 1.38 bits per heavy atom. The van der Waals surface area contributed by atoms with Gasteiger partial charge < -0.3 is 10.4 Å². The zero-order valence-electron chi connectivity index (χ0n) is 12.9. The Balaban J connectivity index is 1.94. The highest BCUT2D eigenvalue weighted by atomic mass is 79.9. The van der Waals surface area contributed by atoms with Gasteiger partial charge in [-0.2, -0.15) is 0 Å². The summed E-state index contributed by atoms with van der Waals surface area (Å²) < 4.78 is 1.13. The van der Waals surface area contributed by atoms with E-state index in [9.17, 15) is 5.11 Å². The van der Waals surface area contributed by atoms with Crippen molar-refractivity contribution < 1.29 is 5.11 Å². The van der Waals surface area contributed by atoms with Gasteiger partial charge >= 0.3 is 0 Å². The van der Waals surface area contributed by atoms with E-state index in [0.717, 1.165) is 43.4 Å². The number of rotatable bonds is 8. The molecule has 0 radical (unpaired) electrons. The molecule has 1 aromatic rings. The molecule has 0 saturated carbocycles. The summed E-state index contributed by atoms with van der Waals surface area (Å²) >= 11 is 3.50. The second-order valence-electron chi connectivity index (χ2n) is 5.86. The first-order valence-electron chi connectivity index (χ1n) is 8.08. The van der Waals surface area contributed by atoms with E-state index < -0.39 is 0 Å². The van der Waals surface area contributed by atoms with Crippen molar-refractivity contribution in [1.82, 2.24) is 10.2 Å². The quantitative estimate of drug-likeness (QED) is 0.751. The molecule has 2 N–H and O–H groups in total. The van der Waals surface area contributed by atoms with Crippen LogP contribution in [0.1, 0.15) is 44.2 Å². The summed E-state index contributed by atoms with van der Waals surface area (Å²) in [4.78, 5) is 2.44. The second-order valence-corrected chi connectivity index (χ2v) is 6.78. The number of halogens is 1. The predicted molar refractivity (Wildman–Crippen MR) is 91.5 cm³/mol. The Bertz CT molecular complexity index is 410. The van der Waals surface area contributed by atoms with Crippen LogP contribution in [-0.2, 0) is 0 Å². The zero-order chi connectivity index (χ0) is 15.1. The molecule has 1 aliphatic rings. The van der Waals surface area contributed by atoms with Crippen molar-refractivity contribution in [3.63, 3.8) is 0 Å². The predicted octanol–water partition coefficient (Wildman–Crippen LogP) is 3.34. The number of hydrogen-bond donors (Lipinski definition) is 2. The molecule has 0 spiro atoms. The molecule has 0 amide bonds. The number of nitrogens with zero attached hydrogens (tertiary/aromatic N) is 1. The van der Waals surface area contributed by atoms with E-state index in [1.165, 1.54) is 12.0 Å². The van der Waals surface area contributed by atoms with Crippen molar-refractivity contribution in [2.24, 2.45) is 0 Å². The van der Waals surface area contributed by atoms with Crippen molar-refractivity contribution in [2.75, 3.05) is 26.2 Å². The van der Waals surface area contributed by atoms with E-state index >= 15 is 0 Å². The summed E-state index contributed by atoms with van der Waals surface area (Å²) in [5.74, 6) is 0. The van der Waals surface area contributed by atoms with Gasteiger partial charge in [0.05, 0.1) is 6.61 Å². The monoisotopic (exact) mass is 354 g/mol. The van der Waals surface area contributed by atoms with Crippen LogP contribution in [0.4, 0.5) is 0 Å². The summed E-state index contributed by atoms with van der Waals surface area (Å²) in [6.07, 6.45) is 4.60. The third-order valence-corrected chi connectivity index (χ3v) is 4.86. The lowest BCUT2D eigenvalue weighted by Gasteiger charge is -2.26. The molecule has 1 saturated heterocycles. The Hall–Kier alpha value is -0.420. The summed E-state index contributed by atoms with van der Waals surface area (Å²) in [5, 5.41) is 13.1. The van der Waals surface area contributed by atoms with Crippen LogP contribution in [0, 0.1) is 0 Å². The van der Waals surface area contributed by atoms with E-state index in [-0.39, 0.29) is 0 Å². The lowest BCUT2D eigenvalue weighted by atomic mass is 10.0. The molecular formula is C17H27BrN2O. The van der Waals surface area contributed by atoms with Crippen molar-refractivity contribution in [3.8, 4) is 0 Å². The van der Waals surface area contributed by atoms with Crippen molar-refractivity contribution in [1.29, 1.82) is 0 Å². The van der Waals surface area contributed by atoms with Gasteiger partial charge in [-0.05, 0) is 56.5 Å². The first-order valence-corrected chi connectivity index (χ1v) is 8.87. The highest BCUT2D eigenvalue weighted by Gasteiger charge is 2.24. The molecule has 1 aromatic carbocycles. The van der Waals surface area contributed by atoms with Crippen LogP contribution in [0.25, 0.3) is 0 Å². The first-order chi connectivity index (χ1) is 10.2. The molecule has 118 valence electrons. The molecule has 4 heteroatoms.